The number of hydrogen-bond donors (Lipinski definition) is 1. The molecule has 2 heterocycles. The second kappa shape index (κ2) is 7.57. The lowest BCUT2D eigenvalue weighted by atomic mass is 10.1. The predicted octanol–water partition coefficient (Wildman–Crippen LogP) is 2.74. The third kappa shape index (κ3) is 3.89. The van der Waals surface area contributed by atoms with E-state index in [1.165, 1.54) is 10.4 Å². The van der Waals surface area contributed by atoms with Crippen molar-refractivity contribution in [1.29, 1.82) is 0 Å². The molecule has 1 N–H and O–H groups in total. The molecule has 6 heteroatoms. The molecule has 122 valence electrons. The van der Waals surface area contributed by atoms with Crippen molar-refractivity contribution in [1.82, 2.24) is 15.2 Å². The normalized spacial score (nSPS) is 14.7. The summed E-state index contributed by atoms with van der Waals surface area (Å²) < 4.78 is 5.24. The van der Waals surface area contributed by atoms with Gasteiger partial charge in [-0.1, -0.05) is 30.3 Å². The van der Waals surface area contributed by atoms with Crippen LogP contribution >= 0.6 is 11.3 Å². The van der Waals surface area contributed by atoms with Crippen LogP contribution in [0.1, 0.15) is 17.1 Å². The lowest BCUT2D eigenvalue weighted by Gasteiger charge is -2.25. The molecule has 0 atom stereocenters. The molecule has 0 saturated carbocycles. The highest BCUT2D eigenvalue weighted by Gasteiger charge is 2.15. The standard InChI is InChI=1S/C17H22N4OS/c1-21-10-6-9-18-17(21)19-11-14-16(13-7-4-3-5-8-13)23-15(20-14)12-22-2/h3-5,7-8H,6,9-12H2,1-2H3,(H,18,19). The molecular weight excluding hydrogens is 308 g/mol. The van der Waals surface area contributed by atoms with Crippen LogP contribution in [0.15, 0.2) is 35.3 Å². The first-order valence-corrected chi connectivity index (χ1v) is 8.62. The monoisotopic (exact) mass is 330 g/mol. The number of ether oxygens (including phenoxy) is 1. The number of aliphatic imine (C=N–C) groups is 1. The van der Waals surface area contributed by atoms with Gasteiger partial charge in [-0.25, -0.2) is 4.98 Å². The summed E-state index contributed by atoms with van der Waals surface area (Å²) in [7, 11) is 3.77. The molecule has 0 amide bonds. The predicted molar refractivity (Wildman–Crippen MR) is 94.7 cm³/mol. The van der Waals surface area contributed by atoms with Crippen LogP contribution in [-0.2, 0) is 17.9 Å². The number of hydrogen-bond acceptors (Lipinski definition) is 6. The highest BCUT2D eigenvalue weighted by atomic mass is 32.1. The number of guanidine groups is 1. The van der Waals surface area contributed by atoms with Gasteiger partial charge in [0.15, 0.2) is 5.96 Å². The van der Waals surface area contributed by atoms with Crippen molar-refractivity contribution in [2.45, 2.75) is 19.6 Å². The average molecular weight is 330 g/mol. The van der Waals surface area contributed by atoms with Gasteiger partial charge in [0.05, 0.1) is 23.7 Å². The van der Waals surface area contributed by atoms with Crippen LogP contribution in [0, 0.1) is 0 Å². The Bertz CT molecular complexity index is 668. The first-order chi connectivity index (χ1) is 11.3. The summed E-state index contributed by atoms with van der Waals surface area (Å²) >= 11 is 1.69. The minimum absolute atomic E-state index is 0.547. The third-order valence-electron chi connectivity index (χ3n) is 3.73. The van der Waals surface area contributed by atoms with E-state index in [9.17, 15) is 0 Å². The van der Waals surface area contributed by atoms with Gasteiger partial charge in [-0.2, -0.15) is 0 Å². The van der Waals surface area contributed by atoms with Gasteiger partial charge in [-0.15, -0.1) is 11.3 Å². The van der Waals surface area contributed by atoms with Gasteiger partial charge in [-0.3, -0.25) is 4.99 Å². The summed E-state index contributed by atoms with van der Waals surface area (Å²) in [5.41, 5.74) is 2.25. The maximum atomic E-state index is 5.24. The maximum absolute atomic E-state index is 5.24. The van der Waals surface area contributed by atoms with Crippen molar-refractivity contribution >= 4 is 17.3 Å². The summed E-state index contributed by atoms with van der Waals surface area (Å²) in [6, 6.07) is 10.4. The molecule has 0 radical (unpaired) electrons. The van der Waals surface area contributed by atoms with Crippen LogP contribution in [0.2, 0.25) is 0 Å². The fraction of sp³-hybridized carbons (Fsp3) is 0.412. The molecule has 5 nitrogen and oxygen atoms in total. The maximum Gasteiger partial charge on any atom is 0.193 e. The summed E-state index contributed by atoms with van der Waals surface area (Å²) in [6.45, 7) is 3.16. The van der Waals surface area contributed by atoms with E-state index in [0.717, 1.165) is 36.2 Å². The van der Waals surface area contributed by atoms with Crippen LogP contribution in [0.4, 0.5) is 0 Å². The molecule has 1 aliphatic heterocycles. The van der Waals surface area contributed by atoms with Crippen molar-refractivity contribution < 1.29 is 4.74 Å². The molecule has 3 rings (SSSR count). The Hall–Kier alpha value is -1.92. The van der Waals surface area contributed by atoms with Crippen LogP contribution in [-0.4, -0.2) is 43.1 Å². The third-order valence-corrected chi connectivity index (χ3v) is 4.85. The number of benzene rings is 1. The van der Waals surface area contributed by atoms with E-state index in [4.69, 9.17) is 9.72 Å². The van der Waals surface area contributed by atoms with Crippen LogP contribution < -0.4 is 5.32 Å². The van der Waals surface area contributed by atoms with E-state index >= 15 is 0 Å². The zero-order valence-corrected chi connectivity index (χ0v) is 14.4. The summed E-state index contributed by atoms with van der Waals surface area (Å²) in [6.07, 6.45) is 1.12. The molecule has 0 aliphatic carbocycles. The Morgan fingerprint density at radius 2 is 2.13 bits per heavy atom. The number of nitrogens with zero attached hydrogens (tertiary/aromatic N) is 3. The summed E-state index contributed by atoms with van der Waals surface area (Å²) in [5, 5.41) is 4.43. The summed E-state index contributed by atoms with van der Waals surface area (Å²) in [5.74, 6) is 0.955. The fourth-order valence-corrected chi connectivity index (χ4v) is 3.65. The first kappa shape index (κ1) is 16.0. The molecule has 0 fully saturated rings. The minimum atomic E-state index is 0.547. The molecule has 1 aliphatic rings. The number of nitrogens with one attached hydrogen (secondary N) is 1. The number of methoxy groups -OCH3 is 1. The zero-order valence-electron chi connectivity index (χ0n) is 13.6. The Morgan fingerprint density at radius 1 is 1.30 bits per heavy atom. The van der Waals surface area contributed by atoms with E-state index in [1.54, 1.807) is 18.4 Å². The van der Waals surface area contributed by atoms with E-state index in [2.05, 4.69) is 46.5 Å². The van der Waals surface area contributed by atoms with E-state index < -0.39 is 0 Å². The lowest BCUT2D eigenvalue weighted by molar-refractivity contribution is 0.184. The lowest BCUT2D eigenvalue weighted by Crippen LogP contribution is -2.41. The fourth-order valence-electron chi connectivity index (χ4n) is 2.59. The van der Waals surface area contributed by atoms with Gasteiger partial charge in [0.25, 0.3) is 0 Å². The van der Waals surface area contributed by atoms with Crippen molar-refractivity contribution in [3.05, 3.63) is 41.0 Å². The van der Waals surface area contributed by atoms with Crippen molar-refractivity contribution in [2.24, 2.45) is 4.99 Å². The second-order valence-electron chi connectivity index (χ2n) is 5.52. The Labute approximate surface area is 141 Å². The topological polar surface area (TPSA) is 49.8 Å². The Balaban J connectivity index is 1.81. The quantitative estimate of drug-likeness (QED) is 0.916. The van der Waals surface area contributed by atoms with E-state index in [-0.39, 0.29) is 0 Å². The van der Waals surface area contributed by atoms with Gasteiger partial charge in [-0.05, 0) is 12.0 Å². The van der Waals surface area contributed by atoms with Crippen LogP contribution in [0.25, 0.3) is 10.4 Å². The highest BCUT2D eigenvalue weighted by Crippen LogP contribution is 2.30. The first-order valence-electron chi connectivity index (χ1n) is 7.80. The molecule has 2 aromatic rings. The van der Waals surface area contributed by atoms with Crippen molar-refractivity contribution in [3.63, 3.8) is 0 Å². The largest absolute Gasteiger partial charge is 0.378 e. The van der Waals surface area contributed by atoms with Gasteiger partial charge in [0, 0.05) is 27.2 Å². The molecule has 1 aromatic heterocycles. The molecule has 0 unspecified atom stereocenters. The summed E-state index contributed by atoms with van der Waals surface area (Å²) in [4.78, 5) is 12.7. The highest BCUT2D eigenvalue weighted by molar-refractivity contribution is 7.15. The SMILES string of the molecule is COCc1nc(CNC2=NCCCN2C)c(-c2ccccc2)s1. The molecule has 1 aromatic carbocycles. The molecular formula is C17H22N4OS. The zero-order chi connectivity index (χ0) is 16.1. The second-order valence-corrected chi connectivity index (χ2v) is 6.60. The number of thiazole rings is 1. The van der Waals surface area contributed by atoms with E-state index in [0.29, 0.717) is 13.2 Å². The average Bonchev–Trinajstić information content (AvgIpc) is 2.98. The Kier molecular flexibility index (Phi) is 5.25. The minimum Gasteiger partial charge on any atom is -0.378 e. The van der Waals surface area contributed by atoms with E-state index in [1.807, 2.05) is 6.07 Å². The van der Waals surface area contributed by atoms with Crippen LogP contribution in [0.3, 0.4) is 0 Å². The van der Waals surface area contributed by atoms with Gasteiger partial charge >= 0.3 is 0 Å². The number of rotatable bonds is 5. The number of aromatic nitrogens is 1. The Morgan fingerprint density at radius 3 is 2.87 bits per heavy atom. The van der Waals surface area contributed by atoms with Gasteiger partial charge in [0.1, 0.15) is 5.01 Å². The molecule has 23 heavy (non-hydrogen) atoms. The van der Waals surface area contributed by atoms with Gasteiger partial charge < -0.3 is 15.0 Å². The molecule has 0 spiro atoms. The smallest absolute Gasteiger partial charge is 0.193 e. The van der Waals surface area contributed by atoms with Gasteiger partial charge in [0.2, 0.25) is 0 Å². The molecule has 0 bridgehead atoms. The molecule has 0 saturated heterocycles. The van der Waals surface area contributed by atoms with Crippen LogP contribution in [0.5, 0.6) is 0 Å². The van der Waals surface area contributed by atoms with Crippen molar-refractivity contribution in [3.8, 4) is 10.4 Å². The van der Waals surface area contributed by atoms with Crippen molar-refractivity contribution in [2.75, 3.05) is 27.2 Å².